The van der Waals surface area contributed by atoms with Gasteiger partial charge in [0, 0.05) is 17.3 Å². The summed E-state index contributed by atoms with van der Waals surface area (Å²) in [5, 5.41) is 3.33. The highest BCUT2D eigenvalue weighted by atomic mass is 35.5. The molecule has 0 aliphatic carbocycles. The Balaban J connectivity index is 2.39. The number of furan rings is 1. The maximum atomic E-state index is 13.9. The summed E-state index contributed by atoms with van der Waals surface area (Å²) in [6.07, 6.45) is -4.35. The van der Waals surface area contributed by atoms with E-state index in [9.17, 15) is 31.5 Å². The van der Waals surface area contributed by atoms with Crippen LogP contribution in [-0.2, 0) is 9.53 Å². The third-order valence-electron chi connectivity index (χ3n) is 3.38. The zero-order valence-electron chi connectivity index (χ0n) is 14.4. The lowest BCUT2D eigenvalue weighted by Crippen LogP contribution is -2.69. The van der Waals surface area contributed by atoms with Crippen molar-refractivity contribution in [3.8, 4) is 5.75 Å². The molecule has 0 spiro atoms. The molecule has 2 N–H and O–H groups in total. The van der Waals surface area contributed by atoms with Crippen molar-refractivity contribution in [2.75, 3.05) is 12.4 Å². The third kappa shape index (κ3) is 5.28. The molecule has 1 amide bonds. The van der Waals surface area contributed by atoms with E-state index in [0.29, 0.717) is 7.11 Å². The van der Waals surface area contributed by atoms with Crippen molar-refractivity contribution < 1.29 is 45.4 Å². The molecule has 0 aliphatic heterocycles. The lowest BCUT2D eigenvalue weighted by molar-refractivity contribution is -0.203. The average molecular weight is 443 g/mol. The molecule has 0 radical (unpaired) electrons. The van der Waals surface area contributed by atoms with Crippen LogP contribution in [-0.4, -0.2) is 36.4 Å². The van der Waals surface area contributed by atoms with Crippen molar-refractivity contribution >= 4 is 29.2 Å². The average Bonchev–Trinajstić information content (AvgIpc) is 3.14. The molecule has 2 aromatic rings. The molecular weight excluding hydrogens is 431 g/mol. The number of amides is 1. The van der Waals surface area contributed by atoms with E-state index in [4.69, 9.17) is 4.42 Å². The molecule has 0 saturated carbocycles. The maximum absolute atomic E-state index is 13.9. The predicted molar refractivity (Wildman–Crippen MR) is 88.5 cm³/mol. The lowest BCUT2D eigenvalue weighted by atomic mass is 10.1. The summed E-state index contributed by atoms with van der Waals surface area (Å²) >= 11 is 4.60. The van der Waals surface area contributed by atoms with Gasteiger partial charge < -0.3 is 24.5 Å². The molecule has 1 atom stereocenters. The van der Waals surface area contributed by atoms with Crippen LogP contribution in [0, 0.1) is 0 Å². The van der Waals surface area contributed by atoms with E-state index in [-0.39, 0.29) is 0 Å². The first kappa shape index (κ1) is 22.3. The van der Waals surface area contributed by atoms with Crippen molar-refractivity contribution in [2.45, 2.75) is 17.4 Å². The number of ether oxygens (including phenoxy) is 2. The highest BCUT2D eigenvalue weighted by Gasteiger charge is 2.63. The number of nitrogens with one attached hydrogen (secondary N) is 2. The first-order chi connectivity index (χ1) is 13.4. The zero-order chi connectivity index (χ0) is 21.9. The fraction of sp³-hybridized carbons (Fsp3) is 0.250. The van der Waals surface area contributed by atoms with Crippen LogP contribution in [0.1, 0.15) is 10.6 Å². The van der Waals surface area contributed by atoms with Crippen molar-refractivity contribution in [1.82, 2.24) is 5.32 Å². The minimum absolute atomic E-state index is 0.391. The van der Waals surface area contributed by atoms with Crippen LogP contribution in [0.4, 0.5) is 27.6 Å². The number of benzene rings is 1. The van der Waals surface area contributed by atoms with Crippen molar-refractivity contribution in [2.24, 2.45) is 0 Å². The van der Waals surface area contributed by atoms with Gasteiger partial charge >= 0.3 is 23.4 Å². The normalized spacial score (nSPS) is 13.9. The molecule has 158 valence electrons. The van der Waals surface area contributed by atoms with E-state index >= 15 is 0 Å². The summed E-state index contributed by atoms with van der Waals surface area (Å²) in [5.74, 6) is -4.23. The topological polar surface area (TPSA) is 89.8 Å². The molecule has 0 fully saturated rings. The largest absolute Gasteiger partial charge is 0.487 e. The third-order valence-corrected chi connectivity index (χ3v) is 3.46. The zero-order valence-corrected chi connectivity index (χ0v) is 15.1. The first-order valence-electron chi connectivity index (χ1n) is 7.53. The van der Waals surface area contributed by atoms with Gasteiger partial charge in [0.2, 0.25) is 0 Å². The Morgan fingerprint density at radius 1 is 1.07 bits per heavy atom. The number of rotatable bonds is 7. The standard InChI is InChI=1S/C16H12ClF5N2O5/c1-27-13(26)14(15(18,19)20,24-12(25)11-3-2-8-28-11)23-9-4-6-10(7-5-9)29-16(17,21)22/h2-8,23H,1H3,(H,24,25). The SMILES string of the molecule is COC(=O)C(NC(=O)c1ccco1)(Nc1ccc(OC(F)(F)Cl)cc1)C(F)(F)F. The van der Waals surface area contributed by atoms with E-state index in [1.54, 1.807) is 0 Å². The van der Waals surface area contributed by atoms with E-state index in [2.05, 4.69) is 21.1 Å². The fourth-order valence-electron chi connectivity index (χ4n) is 2.14. The predicted octanol–water partition coefficient (Wildman–Crippen LogP) is 3.72. The van der Waals surface area contributed by atoms with Gasteiger partial charge in [-0.05, 0) is 36.4 Å². The van der Waals surface area contributed by atoms with Crippen molar-refractivity contribution in [3.05, 3.63) is 48.4 Å². The molecular formula is C16H12ClF5N2O5. The maximum Gasteiger partial charge on any atom is 0.487 e. The first-order valence-corrected chi connectivity index (χ1v) is 7.91. The van der Waals surface area contributed by atoms with E-state index in [1.807, 2.05) is 5.32 Å². The van der Waals surface area contributed by atoms with Gasteiger partial charge in [-0.3, -0.25) is 4.79 Å². The van der Waals surface area contributed by atoms with Crippen LogP contribution < -0.4 is 15.4 Å². The summed E-state index contributed by atoms with van der Waals surface area (Å²) in [6.45, 7) is 0. The Morgan fingerprint density at radius 3 is 2.14 bits per heavy atom. The Bertz CT molecular complexity index is 852. The Kier molecular flexibility index (Phi) is 6.26. The van der Waals surface area contributed by atoms with Gasteiger partial charge in [-0.1, -0.05) is 0 Å². The molecule has 0 bridgehead atoms. The molecule has 1 unspecified atom stereocenters. The molecule has 1 heterocycles. The number of hydrogen-bond acceptors (Lipinski definition) is 6. The van der Waals surface area contributed by atoms with Crippen LogP contribution in [0.25, 0.3) is 0 Å². The van der Waals surface area contributed by atoms with E-state index in [1.165, 1.54) is 11.4 Å². The number of esters is 1. The van der Waals surface area contributed by atoms with Gasteiger partial charge in [-0.15, -0.1) is 8.78 Å². The summed E-state index contributed by atoms with van der Waals surface area (Å²) < 4.78 is 79.8. The van der Waals surface area contributed by atoms with Gasteiger partial charge in [0.15, 0.2) is 5.76 Å². The summed E-state index contributed by atoms with van der Waals surface area (Å²) in [4.78, 5) is 24.2. The van der Waals surface area contributed by atoms with Gasteiger partial charge in [0.25, 0.3) is 5.91 Å². The molecule has 0 aliphatic rings. The highest BCUT2D eigenvalue weighted by Crippen LogP contribution is 2.34. The molecule has 13 heteroatoms. The number of halogens is 6. The second-order valence-corrected chi connectivity index (χ2v) is 5.81. The summed E-state index contributed by atoms with van der Waals surface area (Å²) in [6, 6.07) is 5.84. The van der Waals surface area contributed by atoms with E-state index in [0.717, 1.165) is 36.6 Å². The smallest absolute Gasteiger partial charge is 0.466 e. The van der Waals surface area contributed by atoms with Gasteiger partial charge in [-0.2, -0.15) is 13.2 Å². The van der Waals surface area contributed by atoms with Gasteiger partial charge in [0.05, 0.1) is 13.4 Å². The Morgan fingerprint density at radius 2 is 1.69 bits per heavy atom. The molecule has 29 heavy (non-hydrogen) atoms. The summed E-state index contributed by atoms with van der Waals surface area (Å²) in [5.41, 5.74) is -8.14. The van der Waals surface area contributed by atoms with Gasteiger partial charge in [-0.25, -0.2) is 4.79 Å². The Hall–Kier alpha value is -3.02. The van der Waals surface area contributed by atoms with Crippen LogP contribution in [0.15, 0.2) is 47.1 Å². The molecule has 1 aromatic heterocycles. The van der Waals surface area contributed by atoms with Crippen molar-refractivity contribution in [3.63, 3.8) is 0 Å². The monoisotopic (exact) mass is 442 g/mol. The highest BCUT2D eigenvalue weighted by molar-refractivity contribution is 6.20. The number of alkyl halides is 6. The Labute approximate surface area is 164 Å². The second-order valence-electron chi connectivity index (χ2n) is 5.37. The summed E-state index contributed by atoms with van der Waals surface area (Å²) in [7, 11) is 0.684. The quantitative estimate of drug-likeness (QED) is 0.294. The molecule has 1 aromatic carbocycles. The van der Waals surface area contributed by atoms with Crippen LogP contribution in [0.2, 0.25) is 0 Å². The second kappa shape index (κ2) is 8.15. The molecule has 0 saturated heterocycles. The lowest BCUT2D eigenvalue weighted by Gasteiger charge is -2.34. The number of hydrogen-bond donors (Lipinski definition) is 2. The van der Waals surface area contributed by atoms with Crippen molar-refractivity contribution in [1.29, 1.82) is 0 Å². The van der Waals surface area contributed by atoms with Crippen LogP contribution in [0.5, 0.6) is 5.75 Å². The number of carbonyl (C=O) groups is 2. The van der Waals surface area contributed by atoms with Crippen LogP contribution in [0.3, 0.4) is 0 Å². The van der Waals surface area contributed by atoms with Crippen LogP contribution >= 0.6 is 11.6 Å². The van der Waals surface area contributed by atoms with E-state index < -0.39 is 46.5 Å². The fourth-order valence-corrected chi connectivity index (χ4v) is 2.23. The minimum atomic E-state index is -5.39. The van der Waals surface area contributed by atoms with Gasteiger partial charge in [0.1, 0.15) is 5.75 Å². The molecule has 7 nitrogen and oxygen atoms in total. The number of methoxy groups -OCH3 is 1. The molecule has 2 rings (SSSR count). The number of anilines is 1. The number of carbonyl (C=O) groups excluding carboxylic acids is 2. The minimum Gasteiger partial charge on any atom is -0.466 e.